The van der Waals surface area contributed by atoms with Crippen LogP contribution in [0.5, 0.6) is 0 Å². The first kappa shape index (κ1) is 15.7. The first-order chi connectivity index (χ1) is 7.76. The van der Waals surface area contributed by atoms with Gasteiger partial charge in [0.1, 0.15) is 18.2 Å². The molecule has 0 saturated heterocycles. The van der Waals surface area contributed by atoms with Crippen LogP contribution in [0.2, 0.25) is 0 Å². The lowest BCUT2D eigenvalue weighted by molar-refractivity contribution is -0.657. The zero-order valence-electron chi connectivity index (χ0n) is 10.4. The second-order valence-corrected chi connectivity index (χ2v) is 4.55. The number of hydrogen-bond donors (Lipinski definition) is 3. The third-order valence-corrected chi connectivity index (χ3v) is 1.71. The maximum atomic E-state index is 11.3. The van der Waals surface area contributed by atoms with Gasteiger partial charge < -0.3 is 30.4 Å². The van der Waals surface area contributed by atoms with Gasteiger partial charge in [-0.05, 0) is 20.8 Å². The van der Waals surface area contributed by atoms with Crippen molar-refractivity contribution < 1.29 is 29.9 Å². The van der Waals surface area contributed by atoms with Gasteiger partial charge in [-0.15, -0.1) is 0 Å². The van der Waals surface area contributed by atoms with E-state index in [9.17, 15) is 14.7 Å². The molecule has 0 spiro atoms. The van der Waals surface area contributed by atoms with Crippen LogP contribution in [-0.4, -0.2) is 48.5 Å². The molecule has 0 aromatic carbocycles. The minimum Gasteiger partial charge on any atom is -0.548 e. The molecular formula is C10H20N2O5. The summed E-state index contributed by atoms with van der Waals surface area (Å²) in [6, 6.07) is -1.14. The van der Waals surface area contributed by atoms with E-state index in [0.717, 1.165) is 0 Å². The summed E-state index contributed by atoms with van der Waals surface area (Å²) in [7, 11) is 0. The number of alkyl carbamates (subject to hydrolysis) is 1. The van der Waals surface area contributed by atoms with Crippen molar-refractivity contribution in [2.75, 3.05) is 19.7 Å². The number of hydrogen-bond acceptors (Lipinski definition) is 5. The number of carbonyl (C=O) groups is 2. The van der Waals surface area contributed by atoms with Gasteiger partial charge in [0, 0.05) is 0 Å². The van der Waals surface area contributed by atoms with Crippen molar-refractivity contribution in [3.63, 3.8) is 0 Å². The molecule has 100 valence electrons. The molecule has 7 nitrogen and oxygen atoms in total. The lowest BCUT2D eigenvalue weighted by atomic mass is 10.2. The highest BCUT2D eigenvalue weighted by atomic mass is 16.6. The lowest BCUT2D eigenvalue weighted by Crippen LogP contribution is -2.89. The molecule has 0 unspecified atom stereocenters. The maximum Gasteiger partial charge on any atom is 0.408 e. The number of carboxylic acid groups (broad SMARTS) is 1. The predicted octanol–water partition coefficient (Wildman–Crippen LogP) is -2.81. The Bertz CT molecular complexity index is 262. The fourth-order valence-corrected chi connectivity index (χ4v) is 1.04. The highest BCUT2D eigenvalue weighted by Crippen LogP contribution is 2.06. The smallest absolute Gasteiger partial charge is 0.408 e. The second kappa shape index (κ2) is 7.08. The molecule has 1 amide bonds. The Morgan fingerprint density at radius 3 is 2.47 bits per heavy atom. The molecule has 4 N–H and O–H groups in total. The number of nitrogens with one attached hydrogen (secondary N) is 1. The Labute approximate surface area is 100 Å². The van der Waals surface area contributed by atoms with Crippen LogP contribution >= 0.6 is 0 Å². The van der Waals surface area contributed by atoms with E-state index in [4.69, 9.17) is 9.84 Å². The van der Waals surface area contributed by atoms with Gasteiger partial charge in [-0.1, -0.05) is 0 Å². The van der Waals surface area contributed by atoms with Gasteiger partial charge in [0.15, 0.2) is 0 Å². The lowest BCUT2D eigenvalue weighted by Gasteiger charge is -2.23. The number of carboxylic acids is 1. The zero-order chi connectivity index (χ0) is 13.5. The number of amides is 1. The predicted molar refractivity (Wildman–Crippen MR) is 56.9 cm³/mol. The van der Waals surface area contributed by atoms with Crippen molar-refractivity contribution in [1.82, 2.24) is 5.32 Å². The molecule has 0 fully saturated rings. The van der Waals surface area contributed by atoms with E-state index in [1.807, 2.05) is 0 Å². The Hall–Kier alpha value is -1.34. The van der Waals surface area contributed by atoms with Crippen LogP contribution in [0, 0.1) is 0 Å². The molecule has 0 bridgehead atoms. The number of aliphatic hydroxyl groups excluding tert-OH is 1. The van der Waals surface area contributed by atoms with Gasteiger partial charge >= 0.3 is 6.09 Å². The summed E-state index contributed by atoms with van der Waals surface area (Å²) in [5.41, 5.74) is -0.685. The zero-order valence-corrected chi connectivity index (χ0v) is 10.4. The molecule has 17 heavy (non-hydrogen) atoms. The maximum absolute atomic E-state index is 11.3. The van der Waals surface area contributed by atoms with Crippen molar-refractivity contribution in [3.05, 3.63) is 0 Å². The Balaban J connectivity index is 4.16. The molecule has 1 atom stereocenters. The Morgan fingerprint density at radius 2 is 2.06 bits per heavy atom. The molecule has 0 heterocycles. The van der Waals surface area contributed by atoms with Crippen LogP contribution in [0.15, 0.2) is 0 Å². The Kier molecular flexibility index (Phi) is 6.52. The monoisotopic (exact) mass is 248 g/mol. The van der Waals surface area contributed by atoms with E-state index in [2.05, 4.69) is 5.32 Å². The average molecular weight is 248 g/mol. The molecule has 0 saturated carbocycles. The van der Waals surface area contributed by atoms with Crippen molar-refractivity contribution >= 4 is 12.1 Å². The molecule has 0 aliphatic heterocycles. The van der Waals surface area contributed by atoms with Crippen LogP contribution < -0.4 is 15.7 Å². The molecule has 0 aromatic rings. The number of quaternary nitrogens is 1. The SMILES string of the molecule is CC(C)(C)OC(=O)N[C@@H](C[NH2+]CCO)C(=O)[O-]. The van der Waals surface area contributed by atoms with Crippen LogP contribution in [0.1, 0.15) is 20.8 Å². The first-order valence-corrected chi connectivity index (χ1v) is 5.39. The van der Waals surface area contributed by atoms with Crippen molar-refractivity contribution in [1.29, 1.82) is 0 Å². The van der Waals surface area contributed by atoms with Crippen molar-refractivity contribution in [2.45, 2.75) is 32.4 Å². The number of nitrogens with two attached hydrogens (primary N) is 1. The van der Waals surface area contributed by atoms with Gasteiger partial charge in [-0.25, -0.2) is 4.79 Å². The van der Waals surface area contributed by atoms with E-state index >= 15 is 0 Å². The third kappa shape index (κ3) is 8.47. The van der Waals surface area contributed by atoms with Gasteiger partial charge in [0.05, 0.1) is 19.1 Å². The van der Waals surface area contributed by atoms with Crippen LogP contribution in [0.4, 0.5) is 4.79 Å². The second-order valence-electron chi connectivity index (χ2n) is 4.55. The van der Waals surface area contributed by atoms with Crippen molar-refractivity contribution in [3.8, 4) is 0 Å². The van der Waals surface area contributed by atoms with E-state index < -0.39 is 23.7 Å². The molecule has 0 aliphatic rings. The number of ether oxygens (including phenoxy) is 1. The number of rotatable bonds is 6. The van der Waals surface area contributed by atoms with Gasteiger partial charge in [-0.2, -0.15) is 0 Å². The summed E-state index contributed by atoms with van der Waals surface area (Å²) in [5.74, 6) is -1.38. The molecule has 0 aliphatic carbocycles. The molecule has 0 rings (SSSR count). The highest BCUT2D eigenvalue weighted by molar-refractivity contribution is 5.78. The summed E-state index contributed by atoms with van der Waals surface area (Å²) in [4.78, 5) is 22.0. The highest BCUT2D eigenvalue weighted by Gasteiger charge is 2.20. The number of aliphatic carboxylic acids is 1. The fourth-order valence-electron chi connectivity index (χ4n) is 1.04. The molecule has 0 aromatic heterocycles. The van der Waals surface area contributed by atoms with E-state index in [1.54, 1.807) is 26.1 Å². The van der Waals surface area contributed by atoms with Crippen LogP contribution in [-0.2, 0) is 9.53 Å². The van der Waals surface area contributed by atoms with Gasteiger partial charge in [-0.3, -0.25) is 0 Å². The van der Waals surface area contributed by atoms with E-state index in [-0.39, 0.29) is 13.2 Å². The Morgan fingerprint density at radius 1 is 1.47 bits per heavy atom. The van der Waals surface area contributed by atoms with E-state index in [1.165, 1.54) is 0 Å². The van der Waals surface area contributed by atoms with Crippen LogP contribution in [0.25, 0.3) is 0 Å². The summed E-state index contributed by atoms with van der Waals surface area (Å²) < 4.78 is 4.92. The summed E-state index contributed by atoms with van der Waals surface area (Å²) in [6.07, 6.45) is -0.802. The fraction of sp³-hybridized carbons (Fsp3) is 0.800. The number of carbonyl (C=O) groups excluding carboxylic acids is 2. The molecule has 7 heteroatoms. The van der Waals surface area contributed by atoms with Crippen LogP contribution in [0.3, 0.4) is 0 Å². The third-order valence-electron chi connectivity index (χ3n) is 1.71. The van der Waals surface area contributed by atoms with Gasteiger partial charge in [0.25, 0.3) is 0 Å². The average Bonchev–Trinajstić information content (AvgIpc) is 2.13. The minimum absolute atomic E-state index is 0.0633. The summed E-state index contributed by atoms with van der Waals surface area (Å²) in [6.45, 7) is 5.42. The first-order valence-electron chi connectivity index (χ1n) is 5.39. The summed E-state index contributed by atoms with van der Waals surface area (Å²) >= 11 is 0. The topological polar surface area (TPSA) is 115 Å². The largest absolute Gasteiger partial charge is 0.548 e. The minimum atomic E-state index is -1.38. The standard InChI is InChI=1S/C10H20N2O5/c1-10(2,3)17-9(16)12-7(8(14)15)6-11-4-5-13/h7,11,13H,4-6H2,1-3H3,(H,12,16)(H,14,15)/t7-/m0/s1. The summed E-state index contributed by atoms with van der Waals surface area (Å²) in [5, 5.41) is 23.0. The van der Waals surface area contributed by atoms with E-state index in [0.29, 0.717) is 6.54 Å². The number of aliphatic hydroxyl groups is 1. The van der Waals surface area contributed by atoms with Crippen molar-refractivity contribution in [2.24, 2.45) is 0 Å². The normalized spacial score (nSPS) is 12.9. The molecular weight excluding hydrogens is 228 g/mol. The van der Waals surface area contributed by atoms with Gasteiger partial charge in [0.2, 0.25) is 0 Å². The molecule has 0 radical (unpaired) electrons. The quantitative estimate of drug-likeness (QED) is 0.439.